The molecule has 2 aliphatic heterocycles. The van der Waals surface area contributed by atoms with Gasteiger partial charge in [-0.2, -0.15) is 0 Å². The SMILES string of the molecule is O=C(Nc1ccccc1Cc1ccccc1)[C@H]1CC(=O)N(c2ccc3c(c2)OCCO3)C1. The van der Waals surface area contributed by atoms with Gasteiger partial charge in [0.05, 0.1) is 5.92 Å². The Labute approximate surface area is 186 Å². The lowest BCUT2D eigenvalue weighted by molar-refractivity contribution is -0.122. The number of benzene rings is 3. The smallest absolute Gasteiger partial charge is 0.229 e. The van der Waals surface area contributed by atoms with Crippen LogP contribution in [0.5, 0.6) is 11.5 Å². The summed E-state index contributed by atoms with van der Waals surface area (Å²) in [7, 11) is 0. The Bertz CT molecular complexity index is 1150. The van der Waals surface area contributed by atoms with Crippen molar-refractivity contribution in [3.63, 3.8) is 0 Å². The van der Waals surface area contributed by atoms with Crippen LogP contribution in [0, 0.1) is 5.92 Å². The number of carbonyl (C=O) groups is 2. The second-order valence-corrected chi connectivity index (χ2v) is 8.04. The van der Waals surface area contributed by atoms with Crippen molar-refractivity contribution in [2.45, 2.75) is 12.8 Å². The summed E-state index contributed by atoms with van der Waals surface area (Å²) in [6, 6.07) is 23.4. The fourth-order valence-corrected chi connectivity index (χ4v) is 4.18. The molecule has 2 heterocycles. The van der Waals surface area contributed by atoms with Gasteiger partial charge in [-0.1, -0.05) is 48.5 Å². The molecule has 0 aromatic heterocycles. The lowest BCUT2D eigenvalue weighted by atomic mass is 10.0. The van der Waals surface area contributed by atoms with Crippen molar-refractivity contribution in [3.05, 3.63) is 83.9 Å². The molecular formula is C26H24N2O4. The fraction of sp³-hybridized carbons (Fsp3) is 0.231. The predicted molar refractivity (Wildman–Crippen MR) is 122 cm³/mol. The first-order valence-electron chi connectivity index (χ1n) is 10.8. The van der Waals surface area contributed by atoms with Crippen LogP contribution in [0.3, 0.4) is 0 Å². The highest BCUT2D eigenvalue weighted by Gasteiger charge is 2.35. The van der Waals surface area contributed by atoms with Crippen LogP contribution in [0.25, 0.3) is 0 Å². The van der Waals surface area contributed by atoms with Crippen molar-refractivity contribution in [3.8, 4) is 11.5 Å². The molecule has 3 aromatic rings. The molecule has 1 fully saturated rings. The van der Waals surface area contributed by atoms with Gasteiger partial charge in [0.25, 0.3) is 0 Å². The number of carbonyl (C=O) groups excluding carboxylic acids is 2. The number of amides is 2. The van der Waals surface area contributed by atoms with E-state index in [0.29, 0.717) is 31.3 Å². The molecule has 0 aliphatic carbocycles. The molecule has 1 N–H and O–H groups in total. The van der Waals surface area contributed by atoms with E-state index >= 15 is 0 Å². The van der Waals surface area contributed by atoms with E-state index in [0.717, 1.165) is 23.4 Å². The Balaban J connectivity index is 1.29. The third-order valence-corrected chi connectivity index (χ3v) is 5.85. The van der Waals surface area contributed by atoms with Gasteiger partial charge >= 0.3 is 0 Å². The first-order chi connectivity index (χ1) is 15.7. The van der Waals surface area contributed by atoms with Crippen molar-refractivity contribution in [1.82, 2.24) is 0 Å². The molecule has 0 radical (unpaired) electrons. The van der Waals surface area contributed by atoms with E-state index in [4.69, 9.17) is 9.47 Å². The highest BCUT2D eigenvalue weighted by Crippen LogP contribution is 2.36. The molecule has 162 valence electrons. The van der Waals surface area contributed by atoms with Crippen molar-refractivity contribution in [2.24, 2.45) is 5.92 Å². The maximum atomic E-state index is 13.0. The first-order valence-corrected chi connectivity index (χ1v) is 10.8. The number of hydrogen-bond acceptors (Lipinski definition) is 4. The van der Waals surface area contributed by atoms with Gasteiger partial charge in [0.1, 0.15) is 13.2 Å². The maximum Gasteiger partial charge on any atom is 0.229 e. The van der Waals surface area contributed by atoms with Crippen LogP contribution in [0.15, 0.2) is 72.8 Å². The van der Waals surface area contributed by atoms with E-state index in [1.54, 1.807) is 4.90 Å². The van der Waals surface area contributed by atoms with Gasteiger partial charge in [0.15, 0.2) is 11.5 Å². The summed E-state index contributed by atoms with van der Waals surface area (Å²) in [5, 5.41) is 3.05. The van der Waals surface area contributed by atoms with Crippen molar-refractivity contribution < 1.29 is 19.1 Å². The zero-order valence-electron chi connectivity index (χ0n) is 17.6. The Morgan fingerprint density at radius 1 is 0.938 bits per heavy atom. The number of fused-ring (bicyclic) bond motifs is 1. The number of para-hydroxylation sites is 1. The van der Waals surface area contributed by atoms with Gasteiger partial charge < -0.3 is 19.7 Å². The Hall–Kier alpha value is -3.80. The molecule has 0 spiro atoms. The van der Waals surface area contributed by atoms with Gasteiger partial charge in [0.2, 0.25) is 11.8 Å². The van der Waals surface area contributed by atoms with Gasteiger partial charge in [0, 0.05) is 30.4 Å². The highest BCUT2D eigenvalue weighted by atomic mass is 16.6. The van der Waals surface area contributed by atoms with Crippen LogP contribution < -0.4 is 19.7 Å². The first kappa shape index (κ1) is 20.1. The zero-order valence-corrected chi connectivity index (χ0v) is 17.6. The maximum absolute atomic E-state index is 13.0. The topological polar surface area (TPSA) is 67.9 Å². The van der Waals surface area contributed by atoms with Crippen molar-refractivity contribution in [1.29, 1.82) is 0 Å². The molecule has 0 saturated carbocycles. The van der Waals surface area contributed by atoms with Gasteiger partial charge in [-0.25, -0.2) is 0 Å². The monoisotopic (exact) mass is 428 g/mol. The predicted octanol–water partition coefficient (Wildman–Crippen LogP) is 4.04. The minimum absolute atomic E-state index is 0.0700. The number of ether oxygens (including phenoxy) is 2. The normalized spacial score (nSPS) is 17.3. The largest absolute Gasteiger partial charge is 0.486 e. The minimum Gasteiger partial charge on any atom is -0.486 e. The molecule has 2 aliphatic rings. The van der Waals surface area contributed by atoms with Crippen LogP contribution in [0.2, 0.25) is 0 Å². The van der Waals surface area contributed by atoms with E-state index in [9.17, 15) is 9.59 Å². The molecule has 1 saturated heterocycles. The minimum atomic E-state index is -0.416. The lowest BCUT2D eigenvalue weighted by Gasteiger charge is -2.22. The number of anilines is 2. The molecule has 32 heavy (non-hydrogen) atoms. The van der Waals surface area contributed by atoms with E-state index in [2.05, 4.69) is 17.4 Å². The van der Waals surface area contributed by atoms with Gasteiger partial charge in [-0.05, 0) is 35.7 Å². The number of hydrogen-bond donors (Lipinski definition) is 1. The number of nitrogens with one attached hydrogen (secondary N) is 1. The summed E-state index contributed by atoms with van der Waals surface area (Å²) in [6.45, 7) is 1.34. The standard InChI is InChI=1S/C26H24N2O4/c29-25-15-20(17-28(25)21-10-11-23-24(16-21)32-13-12-31-23)26(30)27-22-9-5-4-8-19(22)14-18-6-2-1-3-7-18/h1-11,16,20H,12-15,17H2,(H,27,30)/t20-/m0/s1. The molecule has 0 unspecified atom stereocenters. The molecule has 6 heteroatoms. The van der Waals surface area contributed by atoms with E-state index in [1.807, 2.05) is 60.7 Å². The summed E-state index contributed by atoms with van der Waals surface area (Å²) in [6.07, 6.45) is 0.908. The van der Waals surface area contributed by atoms with E-state index < -0.39 is 5.92 Å². The quantitative estimate of drug-likeness (QED) is 0.666. The molecular weight excluding hydrogens is 404 g/mol. The fourth-order valence-electron chi connectivity index (χ4n) is 4.18. The molecule has 3 aromatic carbocycles. The van der Waals surface area contributed by atoms with E-state index in [1.165, 1.54) is 5.56 Å². The van der Waals surface area contributed by atoms with Crippen LogP contribution >= 0.6 is 0 Å². The summed E-state index contributed by atoms with van der Waals surface area (Å²) in [5.74, 6) is 0.680. The molecule has 5 rings (SSSR count). The molecule has 0 bridgehead atoms. The molecule has 1 atom stereocenters. The Kier molecular flexibility index (Phi) is 5.50. The lowest BCUT2D eigenvalue weighted by Crippen LogP contribution is -2.28. The Morgan fingerprint density at radius 2 is 1.69 bits per heavy atom. The molecule has 2 amide bonds. The van der Waals surface area contributed by atoms with Crippen LogP contribution in [-0.2, 0) is 16.0 Å². The average molecular weight is 428 g/mol. The molecule has 6 nitrogen and oxygen atoms in total. The van der Waals surface area contributed by atoms with E-state index in [-0.39, 0.29) is 18.2 Å². The van der Waals surface area contributed by atoms with Crippen LogP contribution in [0.1, 0.15) is 17.5 Å². The number of rotatable bonds is 5. The second-order valence-electron chi connectivity index (χ2n) is 8.04. The van der Waals surface area contributed by atoms with Crippen LogP contribution in [-0.4, -0.2) is 31.6 Å². The van der Waals surface area contributed by atoms with Crippen LogP contribution in [0.4, 0.5) is 11.4 Å². The van der Waals surface area contributed by atoms with Crippen molar-refractivity contribution >= 4 is 23.2 Å². The zero-order chi connectivity index (χ0) is 21.9. The average Bonchev–Trinajstić information content (AvgIpc) is 3.22. The summed E-state index contributed by atoms with van der Waals surface area (Å²) >= 11 is 0. The third-order valence-electron chi connectivity index (χ3n) is 5.85. The highest BCUT2D eigenvalue weighted by molar-refractivity contribution is 6.03. The van der Waals surface area contributed by atoms with Crippen molar-refractivity contribution in [2.75, 3.05) is 30.0 Å². The Morgan fingerprint density at radius 3 is 2.53 bits per heavy atom. The van der Waals surface area contributed by atoms with Gasteiger partial charge in [-0.3, -0.25) is 9.59 Å². The second kappa shape index (κ2) is 8.75. The summed E-state index contributed by atoms with van der Waals surface area (Å²) in [5.41, 5.74) is 3.72. The third kappa shape index (κ3) is 4.17. The summed E-state index contributed by atoms with van der Waals surface area (Å²) in [4.78, 5) is 27.4. The number of nitrogens with zero attached hydrogens (tertiary/aromatic N) is 1. The summed E-state index contributed by atoms with van der Waals surface area (Å²) < 4.78 is 11.2. The van der Waals surface area contributed by atoms with Gasteiger partial charge in [-0.15, -0.1) is 0 Å².